The van der Waals surface area contributed by atoms with Gasteiger partial charge in [0.05, 0.1) is 5.56 Å². The number of aryl methyl sites for hydroxylation is 1. The summed E-state index contributed by atoms with van der Waals surface area (Å²) in [5.74, 6) is -0.936. The number of carbonyl (C=O) groups excluding carboxylic acids is 1. The second-order valence-electron chi connectivity index (χ2n) is 4.07. The number of hydrogen-bond acceptors (Lipinski definition) is 2. The molecule has 0 aliphatic carbocycles. The average Bonchev–Trinajstić information content (AvgIpc) is 2.38. The maximum Gasteiger partial charge on any atom is 0.335 e. The lowest BCUT2D eigenvalue weighted by Gasteiger charge is -2.07. The van der Waals surface area contributed by atoms with Crippen LogP contribution in [0.15, 0.2) is 42.5 Å². The van der Waals surface area contributed by atoms with Crippen molar-refractivity contribution < 1.29 is 14.7 Å². The van der Waals surface area contributed by atoms with Gasteiger partial charge in [-0.05, 0) is 41.8 Å². The summed E-state index contributed by atoms with van der Waals surface area (Å²) in [5.41, 5.74) is 3.83. The Morgan fingerprint density at radius 1 is 1.11 bits per heavy atom. The first-order chi connectivity index (χ1) is 8.61. The first-order valence-corrected chi connectivity index (χ1v) is 5.51. The Morgan fingerprint density at radius 2 is 1.78 bits per heavy atom. The van der Waals surface area contributed by atoms with E-state index in [1.165, 1.54) is 0 Å². The summed E-state index contributed by atoms with van der Waals surface area (Å²) in [5, 5.41) is 8.83. The van der Waals surface area contributed by atoms with Crippen LogP contribution in [0, 0.1) is 6.92 Å². The number of carboxylic acids is 1. The summed E-state index contributed by atoms with van der Waals surface area (Å²) in [6.07, 6.45) is 0.810. The van der Waals surface area contributed by atoms with Gasteiger partial charge in [-0.1, -0.05) is 24.3 Å². The normalized spacial score (nSPS) is 10.1. The number of carboxylic acid groups (broad SMARTS) is 1. The molecule has 0 aromatic heterocycles. The van der Waals surface area contributed by atoms with Gasteiger partial charge in [-0.3, -0.25) is 4.79 Å². The van der Waals surface area contributed by atoms with E-state index in [4.69, 9.17) is 5.11 Å². The molecule has 1 N–H and O–H groups in total. The molecule has 0 atom stereocenters. The van der Waals surface area contributed by atoms with Crippen molar-refractivity contribution in [2.24, 2.45) is 0 Å². The molecule has 3 heteroatoms. The van der Waals surface area contributed by atoms with Crippen molar-refractivity contribution in [2.45, 2.75) is 6.92 Å². The van der Waals surface area contributed by atoms with Gasteiger partial charge in [0.1, 0.15) is 6.29 Å². The first-order valence-electron chi connectivity index (χ1n) is 5.51. The van der Waals surface area contributed by atoms with Gasteiger partial charge in [0.2, 0.25) is 0 Å². The van der Waals surface area contributed by atoms with Crippen LogP contribution >= 0.6 is 0 Å². The molecular weight excluding hydrogens is 228 g/mol. The Labute approximate surface area is 105 Å². The molecule has 0 bridgehead atoms. The molecule has 0 amide bonds. The highest BCUT2D eigenvalue weighted by molar-refractivity contribution is 5.88. The summed E-state index contributed by atoms with van der Waals surface area (Å²) in [4.78, 5) is 21.4. The van der Waals surface area contributed by atoms with Crippen molar-refractivity contribution in [3.63, 3.8) is 0 Å². The third-order valence-corrected chi connectivity index (χ3v) is 2.83. The van der Waals surface area contributed by atoms with Gasteiger partial charge in [0, 0.05) is 5.56 Å². The Hall–Kier alpha value is -2.42. The number of benzene rings is 2. The van der Waals surface area contributed by atoms with E-state index in [0.717, 1.165) is 23.0 Å². The number of hydrogen-bond donors (Lipinski definition) is 1. The SMILES string of the molecule is Cc1cc(C=O)ccc1-c1ccc(C(=O)O)cc1. The molecule has 2 rings (SSSR count). The van der Waals surface area contributed by atoms with Crippen LogP contribution in [0.3, 0.4) is 0 Å². The molecule has 0 saturated carbocycles. The summed E-state index contributed by atoms with van der Waals surface area (Å²) >= 11 is 0. The third kappa shape index (κ3) is 2.30. The van der Waals surface area contributed by atoms with E-state index >= 15 is 0 Å². The highest BCUT2D eigenvalue weighted by atomic mass is 16.4. The van der Waals surface area contributed by atoms with E-state index in [0.29, 0.717) is 5.56 Å². The monoisotopic (exact) mass is 240 g/mol. The Bertz CT molecular complexity index is 598. The van der Waals surface area contributed by atoms with Crippen LogP contribution in [-0.2, 0) is 0 Å². The lowest BCUT2D eigenvalue weighted by atomic mass is 9.98. The van der Waals surface area contributed by atoms with Crippen LogP contribution in [0.5, 0.6) is 0 Å². The summed E-state index contributed by atoms with van der Waals surface area (Å²) in [7, 11) is 0. The van der Waals surface area contributed by atoms with Crippen LogP contribution in [0.1, 0.15) is 26.3 Å². The summed E-state index contributed by atoms with van der Waals surface area (Å²) in [6.45, 7) is 1.92. The van der Waals surface area contributed by atoms with Crippen LogP contribution in [-0.4, -0.2) is 17.4 Å². The molecule has 0 saturated heterocycles. The minimum absolute atomic E-state index is 0.265. The summed E-state index contributed by atoms with van der Waals surface area (Å²) in [6, 6.07) is 12.1. The molecule has 0 radical (unpaired) electrons. The molecule has 0 spiro atoms. The van der Waals surface area contributed by atoms with Crippen molar-refractivity contribution in [1.82, 2.24) is 0 Å². The highest BCUT2D eigenvalue weighted by Gasteiger charge is 2.05. The quantitative estimate of drug-likeness (QED) is 0.838. The van der Waals surface area contributed by atoms with Gasteiger partial charge in [-0.25, -0.2) is 4.79 Å². The number of carbonyl (C=O) groups is 2. The van der Waals surface area contributed by atoms with E-state index in [-0.39, 0.29) is 5.56 Å². The van der Waals surface area contributed by atoms with Gasteiger partial charge in [-0.2, -0.15) is 0 Å². The highest BCUT2D eigenvalue weighted by Crippen LogP contribution is 2.24. The van der Waals surface area contributed by atoms with Gasteiger partial charge in [-0.15, -0.1) is 0 Å². The van der Waals surface area contributed by atoms with Crippen LogP contribution in [0.25, 0.3) is 11.1 Å². The van der Waals surface area contributed by atoms with Gasteiger partial charge in [0.15, 0.2) is 0 Å². The molecule has 0 fully saturated rings. The molecule has 18 heavy (non-hydrogen) atoms. The Balaban J connectivity index is 2.42. The zero-order valence-corrected chi connectivity index (χ0v) is 9.88. The molecule has 3 nitrogen and oxygen atoms in total. The maximum atomic E-state index is 10.8. The predicted molar refractivity (Wildman–Crippen MR) is 69.0 cm³/mol. The van der Waals surface area contributed by atoms with Crippen molar-refractivity contribution >= 4 is 12.3 Å². The van der Waals surface area contributed by atoms with Crippen LogP contribution in [0.4, 0.5) is 0 Å². The van der Waals surface area contributed by atoms with E-state index in [1.807, 2.05) is 19.1 Å². The Kier molecular flexibility index (Phi) is 3.24. The molecule has 2 aromatic carbocycles. The fourth-order valence-corrected chi connectivity index (χ4v) is 1.88. The molecule has 0 unspecified atom stereocenters. The first kappa shape index (κ1) is 12.0. The lowest BCUT2D eigenvalue weighted by molar-refractivity contribution is 0.0696. The average molecular weight is 240 g/mol. The van der Waals surface area contributed by atoms with Crippen molar-refractivity contribution in [2.75, 3.05) is 0 Å². The standard InChI is InChI=1S/C15H12O3/c1-10-8-11(9-16)2-7-14(10)12-3-5-13(6-4-12)15(17)18/h2-9H,1H3,(H,17,18). The zero-order valence-electron chi connectivity index (χ0n) is 9.88. The van der Waals surface area contributed by atoms with Gasteiger partial charge < -0.3 is 5.11 Å². The topological polar surface area (TPSA) is 54.4 Å². The number of aromatic carboxylic acids is 1. The minimum atomic E-state index is -0.936. The predicted octanol–water partition coefficient (Wildman–Crippen LogP) is 3.17. The van der Waals surface area contributed by atoms with E-state index < -0.39 is 5.97 Å². The fourth-order valence-electron chi connectivity index (χ4n) is 1.88. The summed E-state index contributed by atoms with van der Waals surface area (Å²) < 4.78 is 0. The van der Waals surface area contributed by atoms with Gasteiger partial charge in [0.25, 0.3) is 0 Å². The van der Waals surface area contributed by atoms with Crippen LogP contribution < -0.4 is 0 Å². The second-order valence-corrected chi connectivity index (χ2v) is 4.07. The largest absolute Gasteiger partial charge is 0.478 e. The molecule has 0 aliphatic heterocycles. The van der Waals surface area contributed by atoms with E-state index in [9.17, 15) is 9.59 Å². The maximum absolute atomic E-state index is 10.8. The van der Waals surface area contributed by atoms with Gasteiger partial charge >= 0.3 is 5.97 Å². The molecule has 0 heterocycles. The molecule has 90 valence electrons. The fraction of sp³-hybridized carbons (Fsp3) is 0.0667. The second kappa shape index (κ2) is 4.84. The Morgan fingerprint density at radius 3 is 2.28 bits per heavy atom. The van der Waals surface area contributed by atoms with E-state index in [2.05, 4.69) is 0 Å². The van der Waals surface area contributed by atoms with Crippen LogP contribution in [0.2, 0.25) is 0 Å². The molecule has 2 aromatic rings. The van der Waals surface area contributed by atoms with Crippen molar-refractivity contribution in [3.05, 3.63) is 59.2 Å². The molecular formula is C15H12O3. The van der Waals surface area contributed by atoms with Crippen molar-refractivity contribution in [3.8, 4) is 11.1 Å². The molecule has 0 aliphatic rings. The van der Waals surface area contributed by atoms with Crippen molar-refractivity contribution in [1.29, 1.82) is 0 Å². The minimum Gasteiger partial charge on any atom is -0.478 e. The number of rotatable bonds is 3. The number of aldehydes is 1. The smallest absolute Gasteiger partial charge is 0.335 e. The zero-order chi connectivity index (χ0) is 13.1. The van der Waals surface area contributed by atoms with E-state index in [1.54, 1.807) is 30.3 Å². The lowest BCUT2D eigenvalue weighted by Crippen LogP contribution is -1.95. The third-order valence-electron chi connectivity index (χ3n) is 2.83.